The molecule has 1 aliphatic carbocycles. The lowest BCUT2D eigenvalue weighted by Gasteiger charge is -2.43. The third kappa shape index (κ3) is 10.5. The number of amides is 3. The van der Waals surface area contributed by atoms with Crippen molar-refractivity contribution in [1.29, 1.82) is 0 Å². The average Bonchev–Trinajstić information content (AvgIpc) is 3.90. The van der Waals surface area contributed by atoms with Crippen LogP contribution in [0.4, 0.5) is 13.2 Å². The summed E-state index contributed by atoms with van der Waals surface area (Å²) < 4.78 is 37.7. The number of carboxylic acids is 1. The molecule has 0 bridgehead atoms. The van der Waals surface area contributed by atoms with Crippen LogP contribution < -0.4 is 0 Å². The van der Waals surface area contributed by atoms with Crippen LogP contribution in [0.3, 0.4) is 0 Å². The maximum absolute atomic E-state index is 15.0. The number of carbonyl (C=O) groups is 4. The molecule has 6 rings (SSSR count). The number of nitrogens with zero attached hydrogens (tertiary/aromatic N) is 5. The fourth-order valence-corrected chi connectivity index (χ4v) is 8.98. The van der Waals surface area contributed by atoms with Crippen molar-refractivity contribution in [2.75, 3.05) is 59.5 Å². The molecule has 15 heteroatoms. The molecule has 5 atom stereocenters. The number of aliphatic carboxylic acids is 1. The Hall–Kier alpha value is -2.94. The predicted molar refractivity (Wildman–Crippen MR) is 203 cm³/mol. The molecular weight excluding hydrogens is 739 g/mol. The second-order valence-electron chi connectivity index (χ2n) is 17.8. The van der Waals surface area contributed by atoms with Gasteiger partial charge in [-0.15, -0.1) is 0 Å². The summed E-state index contributed by atoms with van der Waals surface area (Å²) in [6.07, 6.45) is 0.583. The number of rotatable bonds is 6. The number of piperazine rings is 1. The summed E-state index contributed by atoms with van der Waals surface area (Å²) in [4.78, 5) is 63.3. The van der Waals surface area contributed by atoms with E-state index in [2.05, 4.69) is 56.4 Å². The van der Waals surface area contributed by atoms with E-state index in [9.17, 15) is 22.8 Å². The fourth-order valence-electron chi connectivity index (χ4n) is 8.85. The van der Waals surface area contributed by atoms with Crippen LogP contribution in [0.25, 0.3) is 0 Å². The number of hydrogen-bond acceptors (Lipinski definition) is 7. The SMILES string of the molecule is CN1CCN(C(=O)[C@@H]2C[C@H](N(C(=O)[C@@H]3CCCO3)C3CCC(C)(C)CC3)CN2C(=O)[C@@H]2CN(C(C)(C)C)C[C@H]2c2ccc(Cl)cc2)CC1.O=C(O)C(F)(F)F. The summed E-state index contributed by atoms with van der Waals surface area (Å²) in [5.74, 6) is -2.95. The lowest BCUT2D eigenvalue weighted by Crippen LogP contribution is -2.54. The molecule has 55 heavy (non-hydrogen) atoms. The van der Waals surface area contributed by atoms with Gasteiger partial charge in [0.25, 0.3) is 5.91 Å². The number of likely N-dealkylation sites (tertiary alicyclic amines) is 2. The molecule has 0 radical (unpaired) electrons. The van der Waals surface area contributed by atoms with Crippen LogP contribution in [-0.4, -0.2) is 149 Å². The van der Waals surface area contributed by atoms with Gasteiger partial charge in [-0.25, -0.2) is 4.79 Å². The lowest BCUT2D eigenvalue weighted by molar-refractivity contribution is -0.192. The third-order valence-electron chi connectivity index (χ3n) is 12.3. The number of hydrogen-bond donors (Lipinski definition) is 1. The van der Waals surface area contributed by atoms with Gasteiger partial charge in [0, 0.05) is 74.9 Å². The molecule has 5 fully saturated rings. The molecule has 0 unspecified atom stereocenters. The Labute approximate surface area is 328 Å². The van der Waals surface area contributed by atoms with Gasteiger partial charge in [0.05, 0.1) is 12.0 Å². The van der Waals surface area contributed by atoms with E-state index in [1.807, 2.05) is 34.1 Å². The second-order valence-corrected chi connectivity index (χ2v) is 18.2. The van der Waals surface area contributed by atoms with Crippen LogP contribution in [0.5, 0.6) is 0 Å². The van der Waals surface area contributed by atoms with E-state index in [-0.39, 0.29) is 52.6 Å². The van der Waals surface area contributed by atoms with Gasteiger partial charge >= 0.3 is 12.1 Å². The Morgan fingerprint density at radius 1 is 0.891 bits per heavy atom. The molecular formula is C40H59ClF3N5O6. The summed E-state index contributed by atoms with van der Waals surface area (Å²) in [6.45, 7) is 16.6. The highest BCUT2D eigenvalue weighted by Crippen LogP contribution is 2.42. The summed E-state index contributed by atoms with van der Waals surface area (Å²) in [5.41, 5.74) is 1.24. The molecule has 4 aliphatic heterocycles. The fraction of sp³-hybridized carbons (Fsp3) is 0.750. The molecule has 1 aromatic rings. The topological polar surface area (TPSA) is 114 Å². The van der Waals surface area contributed by atoms with E-state index in [0.29, 0.717) is 44.2 Å². The molecule has 4 heterocycles. The van der Waals surface area contributed by atoms with E-state index >= 15 is 4.79 Å². The molecule has 0 aromatic heterocycles. The first-order chi connectivity index (χ1) is 25.7. The van der Waals surface area contributed by atoms with E-state index in [1.165, 1.54) is 0 Å². The summed E-state index contributed by atoms with van der Waals surface area (Å²) in [7, 11) is 2.08. The largest absolute Gasteiger partial charge is 0.490 e. The van der Waals surface area contributed by atoms with Crippen LogP contribution in [0.1, 0.15) is 91.0 Å². The van der Waals surface area contributed by atoms with Crippen molar-refractivity contribution in [2.24, 2.45) is 11.3 Å². The number of alkyl halides is 3. The maximum atomic E-state index is 15.0. The van der Waals surface area contributed by atoms with E-state index in [4.69, 9.17) is 26.2 Å². The zero-order valence-electron chi connectivity index (χ0n) is 33.1. The summed E-state index contributed by atoms with van der Waals surface area (Å²) in [5, 5.41) is 7.80. The second kappa shape index (κ2) is 17.3. The van der Waals surface area contributed by atoms with Crippen LogP contribution in [0.2, 0.25) is 5.02 Å². The number of ether oxygens (including phenoxy) is 1. The average molecular weight is 798 g/mol. The predicted octanol–water partition coefficient (Wildman–Crippen LogP) is 5.51. The molecule has 308 valence electrons. The van der Waals surface area contributed by atoms with Crippen molar-refractivity contribution < 1.29 is 42.2 Å². The quantitative estimate of drug-likeness (QED) is 0.402. The van der Waals surface area contributed by atoms with Crippen molar-refractivity contribution in [2.45, 2.75) is 121 Å². The van der Waals surface area contributed by atoms with Crippen molar-refractivity contribution in [3.63, 3.8) is 0 Å². The van der Waals surface area contributed by atoms with Gasteiger partial charge in [-0.3, -0.25) is 19.3 Å². The standard InChI is InChI=1S/C38H58ClN5O4.C2HF3O2/c1-37(2,3)42-24-30(26-9-11-27(39)12-10-26)31(25-42)34(45)43-23-29(22-32(43)35(46)41-19-17-40(6)18-20-41)44(36(47)33-8-7-21-48-33)28-13-15-38(4,5)16-14-28;3-2(4,5)1(6)7/h9-12,28-33H,7-8,13-25H2,1-6H3;(H,6,7)/t29-,30-,31+,32-,33-;/m0./s1. The monoisotopic (exact) mass is 797 g/mol. The van der Waals surface area contributed by atoms with Gasteiger partial charge < -0.3 is 29.4 Å². The van der Waals surface area contributed by atoms with Crippen LogP contribution in [0.15, 0.2) is 24.3 Å². The van der Waals surface area contributed by atoms with Gasteiger partial charge in [-0.05, 0) is 95.9 Å². The van der Waals surface area contributed by atoms with Crippen LogP contribution in [-0.2, 0) is 23.9 Å². The molecule has 0 spiro atoms. The summed E-state index contributed by atoms with van der Waals surface area (Å²) in [6, 6.07) is 7.21. The Morgan fingerprint density at radius 2 is 1.49 bits per heavy atom. The molecule has 1 aromatic carbocycles. The van der Waals surface area contributed by atoms with Crippen molar-refractivity contribution >= 4 is 35.3 Å². The molecule has 1 saturated carbocycles. The van der Waals surface area contributed by atoms with Crippen LogP contribution in [0, 0.1) is 11.3 Å². The number of halogens is 4. The molecule has 4 saturated heterocycles. The zero-order chi connectivity index (χ0) is 40.5. The lowest BCUT2D eigenvalue weighted by atomic mass is 9.75. The number of carbonyl (C=O) groups excluding carboxylic acids is 3. The summed E-state index contributed by atoms with van der Waals surface area (Å²) >= 11 is 6.28. The molecule has 5 aliphatic rings. The van der Waals surface area contributed by atoms with E-state index < -0.39 is 24.3 Å². The van der Waals surface area contributed by atoms with Gasteiger partial charge in [-0.1, -0.05) is 37.6 Å². The number of benzene rings is 1. The highest BCUT2D eigenvalue weighted by molar-refractivity contribution is 6.30. The Balaban J connectivity index is 0.000000757. The zero-order valence-corrected chi connectivity index (χ0v) is 33.9. The highest BCUT2D eigenvalue weighted by atomic mass is 35.5. The maximum Gasteiger partial charge on any atom is 0.490 e. The Bertz CT molecular complexity index is 1510. The third-order valence-corrected chi connectivity index (χ3v) is 12.6. The first kappa shape index (κ1) is 43.2. The van der Waals surface area contributed by atoms with Crippen molar-refractivity contribution in [1.82, 2.24) is 24.5 Å². The van der Waals surface area contributed by atoms with E-state index in [0.717, 1.165) is 63.7 Å². The minimum Gasteiger partial charge on any atom is -0.475 e. The van der Waals surface area contributed by atoms with Crippen molar-refractivity contribution in [3.8, 4) is 0 Å². The molecule has 1 N–H and O–H groups in total. The normalized spacial score (nSPS) is 28.1. The van der Waals surface area contributed by atoms with Crippen LogP contribution >= 0.6 is 11.6 Å². The first-order valence-corrected chi connectivity index (χ1v) is 20.1. The van der Waals surface area contributed by atoms with Crippen molar-refractivity contribution in [3.05, 3.63) is 34.9 Å². The Morgan fingerprint density at radius 3 is 2.02 bits per heavy atom. The molecule has 3 amide bonds. The van der Waals surface area contributed by atoms with Gasteiger partial charge in [-0.2, -0.15) is 13.2 Å². The smallest absolute Gasteiger partial charge is 0.475 e. The Kier molecular flexibility index (Phi) is 13.6. The number of carboxylic acid groups (broad SMARTS) is 1. The van der Waals surface area contributed by atoms with Gasteiger partial charge in [0.2, 0.25) is 11.8 Å². The van der Waals surface area contributed by atoms with E-state index in [1.54, 1.807) is 0 Å². The van der Waals surface area contributed by atoms with Gasteiger partial charge in [0.1, 0.15) is 12.1 Å². The minimum atomic E-state index is -5.08. The first-order valence-electron chi connectivity index (χ1n) is 19.7. The number of likely N-dealkylation sites (N-methyl/N-ethyl adjacent to an activating group) is 1. The minimum absolute atomic E-state index is 0.0161. The van der Waals surface area contributed by atoms with Gasteiger partial charge in [0.15, 0.2) is 0 Å². The highest BCUT2D eigenvalue weighted by Gasteiger charge is 2.52. The molecule has 11 nitrogen and oxygen atoms in total.